The molecule has 0 amide bonds. The van der Waals surface area contributed by atoms with Crippen LogP contribution in [0, 0.1) is 6.92 Å². The first-order chi connectivity index (χ1) is 8.72. The van der Waals surface area contributed by atoms with Crippen LogP contribution in [-0.4, -0.2) is 17.6 Å². The maximum Gasteiger partial charge on any atom is 0.330 e. The summed E-state index contributed by atoms with van der Waals surface area (Å²) in [7, 11) is 0. The van der Waals surface area contributed by atoms with E-state index in [1.54, 1.807) is 19.2 Å². The van der Waals surface area contributed by atoms with E-state index in [0.717, 1.165) is 16.3 Å². The van der Waals surface area contributed by atoms with Crippen molar-refractivity contribution < 1.29 is 9.53 Å². The van der Waals surface area contributed by atoms with Crippen molar-refractivity contribution in [3.8, 4) is 0 Å². The van der Waals surface area contributed by atoms with Crippen LogP contribution in [0.15, 0.2) is 36.7 Å². The van der Waals surface area contributed by atoms with E-state index in [0.29, 0.717) is 6.61 Å². The Kier molecular flexibility index (Phi) is 3.72. The highest BCUT2D eigenvalue weighted by Crippen LogP contribution is 2.22. The number of hydrogen-bond acceptors (Lipinski definition) is 3. The molecule has 2 aromatic rings. The van der Waals surface area contributed by atoms with Gasteiger partial charge in [-0.1, -0.05) is 12.1 Å². The van der Waals surface area contributed by atoms with E-state index in [9.17, 15) is 4.79 Å². The topological polar surface area (TPSA) is 39.2 Å². The van der Waals surface area contributed by atoms with Crippen molar-refractivity contribution in [1.82, 2.24) is 4.98 Å². The summed E-state index contributed by atoms with van der Waals surface area (Å²) in [5.41, 5.74) is 2.16. The predicted molar refractivity (Wildman–Crippen MR) is 72.1 cm³/mol. The molecule has 0 atom stereocenters. The van der Waals surface area contributed by atoms with Gasteiger partial charge in [-0.3, -0.25) is 4.98 Å². The Labute approximate surface area is 106 Å². The van der Waals surface area contributed by atoms with E-state index in [4.69, 9.17) is 4.74 Å². The van der Waals surface area contributed by atoms with Crippen LogP contribution in [0.4, 0.5) is 0 Å². The van der Waals surface area contributed by atoms with Crippen LogP contribution in [0.5, 0.6) is 0 Å². The Hall–Kier alpha value is -2.16. The van der Waals surface area contributed by atoms with Crippen molar-refractivity contribution in [3.63, 3.8) is 0 Å². The first-order valence-corrected chi connectivity index (χ1v) is 5.90. The van der Waals surface area contributed by atoms with Gasteiger partial charge in [-0.15, -0.1) is 0 Å². The summed E-state index contributed by atoms with van der Waals surface area (Å²) in [4.78, 5) is 15.4. The summed E-state index contributed by atoms with van der Waals surface area (Å²) in [6.45, 7) is 4.23. The number of carbonyl (C=O) groups excluding carboxylic acids is 1. The van der Waals surface area contributed by atoms with Gasteiger partial charge in [0.2, 0.25) is 0 Å². The van der Waals surface area contributed by atoms with E-state index in [1.807, 2.05) is 31.3 Å². The summed E-state index contributed by atoms with van der Waals surface area (Å²) in [5.74, 6) is -0.319. The summed E-state index contributed by atoms with van der Waals surface area (Å²) >= 11 is 0. The molecule has 2 rings (SSSR count). The Morgan fingerprint density at radius 3 is 2.94 bits per heavy atom. The largest absolute Gasteiger partial charge is 0.463 e. The average molecular weight is 241 g/mol. The number of pyridine rings is 1. The fraction of sp³-hybridized carbons (Fsp3) is 0.200. The molecule has 0 aliphatic heterocycles. The van der Waals surface area contributed by atoms with Gasteiger partial charge in [-0.2, -0.15) is 0 Å². The van der Waals surface area contributed by atoms with Crippen molar-refractivity contribution in [3.05, 3.63) is 47.8 Å². The molecule has 0 fully saturated rings. The van der Waals surface area contributed by atoms with Gasteiger partial charge in [-0.25, -0.2) is 4.79 Å². The maximum atomic E-state index is 11.3. The minimum atomic E-state index is -0.319. The monoisotopic (exact) mass is 241 g/mol. The number of benzene rings is 1. The van der Waals surface area contributed by atoms with Crippen molar-refractivity contribution in [2.75, 3.05) is 6.61 Å². The third kappa shape index (κ3) is 2.56. The van der Waals surface area contributed by atoms with Gasteiger partial charge in [0.1, 0.15) is 0 Å². The van der Waals surface area contributed by atoms with Crippen molar-refractivity contribution >= 4 is 22.8 Å². The van der Waals surface area contributed by atoms with Gasteiger partial charge in [-0.05, 0) is 42.5 Å². The van der Waals surface area contributed by atoms with Crippen molar-refractivity contribution in [2.24, 2.45) is 0 Å². The zero-order valence-electron chi connectivity index (χ0n) is 10.5. The number of ether oxygens (including phenoxy) is 1. The Bertz CT molecular complexity index is 602. The first-order valence-electron chi connectivity index (χ1n) is 5.90. The van der Waals surface area contributed by atoms with Crippen LogP contribution in [0.1, 0.15) is 18.1 Å². The highest BCUT2D eigenvalue weighted by Gasteiger charge is 2.02. The van der Waals surface area contributed by atoms with Crippen molar-refractivity contribution in [1.29, 1.82) is 0 Å². The second-order valence-electron chi connectivity index (χ2n) is 3.98. The van der Waals surface area contributed by atoms with Crippen LogP contribution >= 0.6 is 0 Å². The molecule has 0 spiro atoms. The molecule has 3 heteroatoms. The lowest BCUT2D eigenvalue weighted by atomic mass is 10.0. The van der Waals surface area contributed by atoms with Crippen LogP contribution in [-0.2, 0) is 9.53 Å². The summed E-state index contributed by atoms with van der Waals surface area (Å²) in [6.07, 6.45) is 6.82. The van der Waals surface area contributed by atoms with Gasteiger partial charge >= 0.3 is 5.97 Å². The number of nitrogens with zero attached hydrogens (tertiary/aromatic N) is 1. The molecule has 0 radical (unpaired) electrons. The lowest BCUT2D eigenvalue weighted by molar-refractivity contribution is -0.137. The van der Waals surface area contributed by atoms with Gasteiger partial charge in [0.15, 0.2) is 0 Å². The lowest BCUT2D eigenvalue weighted by Crippen LogP contribution is -1.98. The number of aryl methyl sites for hydroxylation is 1. The van der Waals surface area contributed by atoms with E-state index in [1.165, 1.54) is 11.6 Å². The predicted octanol–water partition coefficient (Wildman–Crippen LogP) is 3.12. The molecule has 3 nitrogen and oxygen atoms in total. The first kappa shape index (κ1) is 12.3. The molecule has 0 N–H and O–H groups in total. The molecule has 1 heterocycles. The van der Waals surface area contributed by atoms with Crippen LogP contribution < -0.4 is 0 Å². The molecule has 0 saturated heterocycles. The van der Waals surface area contributed by atoms with E-state index >= 15 is 0 Å². The molecule has 1 aromatic carbocycles. The highest BCUT2D eigenvalue weighted by atomic mass is 16.5. The number of rotatable bonds is 3. The minimum absolute atomic E-state index is 0.319. The molecule has 0 unspecified atom stereocenters. The molecule has 0 aliphatic carbocycles. The maximum absolute atomic E-state index is 11.3. The van der Waals surface area contributed by atoms with Gasteiger partial charge < -0.3 is 4.74 Å². The standard InChI is InChI=1S/C15H15NO2/c1-3-18-15(17)7-6-12-5-4-11(2)14-10-16-9-8-13(12)14/h4-10H,3H2,1-2H3/b7-6+. The minimum Gasteiger partial charge on any atom is -0.463 e. The lowest BCUT2D eigenvalue weighted by Gasteiger charge is -2.04. The molecular weight excluding hydrogens is 226 g/mol. The third-order valence-electron chi connectivity index (χ3n) is 2.76. The van der Waals surface area contributed by atoms with Gasteiger partial charge in [0.05, 0.1) is 6.61 Å². The molecular formula is C15H15NO2. The SMILES string of the molecule is CCOC(=O)/C=C/c1ccc(C)c2cnccc12. The number of esters is 1. The second-order valence-corrected chi connectivity index (χ2v) is 3.98. The quantitative estimate of drug-likeness (QED) is 0.612. The zero-order chi connectivity index (χ0) is 13.0. The molecule has 0 aliphatic rings. The summed E-state index contributed by atoms with van der Waals surface area (Å²) < 4.78 is 4.86. The summed E-state index contributed by atoms with van der Waals surface area (Å²) in [6, 6.07) is 5.97. The second kappa shape index (κ2) is 5.45. The van der Waals surface area contributed by atoms with E-state index < -0.39 is 0 Å². The van der Waals surface area contributed by atoms with Gasteiger partial charge in [0, 0.05) is 23.9 Å². The number of hydrogen-bond donors (Lipinski definition) is 0. The Morgan fingerprint density at radius 2 is 2.17 bits per heavy atom. The Balaban J connectivity index is 2.40. The number of carbonyl (C=O) groups is 1. The molecule has 0 saturated carbocycles. The molecule has 0 bridgehead atoms. The third-order valence-corrected chi connectivity index (χ3v) is 2.76. The van der Waals surface area contributed by atoms with E-state index in [-0.39, 0.29) is 5.97 Å². The van der Waals surface area contributed by atoms with Gasteiger partial charge in [0.25, 0.3) is 0 Å². The van der Waals surface area contributed by atoms with Crippen LogP contribution in [0.25, 0.3) is 16.8 Å². The Morgan fingerprint density at radius 1 is 1.33 bits per heavy atom. The average Bonchev–Trinajstić information content (AvgIpc) is 2.39. The van der Waals surface area contributed by atoms with Crippen LogP contribution in [0.2, 0.25) is 0 Å². The van der Waals surface area contributed by atoms with E-state index in [2.05, 4.69) is 4.98 Å². The summed E-state index contributed by atoms with van der Waals surface area (Å²) in [5, 5.41) is 2.19. The molecule has 18 heavy (non-hydrogen) atoms. The fourth-order valence-corrected chi connectivity index (χ4v) is 1.85. The molecule has 92 valence electrons. The van der Waals surface area contributed by atoms with Crippen LogP contribution in [0.3, 0.4) is 0 Å². The highest BCUT2D eigenvalue weighted by molar-refractivity contribution is 5.95. The van der Waals surface area contributed by atoms with Crippen molar-refractivity contribution in [2.45, 2.75) is 13.8 Å². The zero-order valence-corrected chi connectivity index (χ0v) is 10.5. The number of aromatic nitrogens is 1. The smallest absolute Gasteiger partial charge is 0.330 e. The molecule has 1 aromatic heterocycles. The fourth-order valence-electron chi connectivity index (χ4n) is 1.85. The number of fused-ring (bicyclic) bond motifs is 1. The normalized spacial score (nSPS) is 11.0.